The first-order valence-corrected chi connectivity index (χ1v) is 7.29. The van der Waals surface area contributed by atoms with Gasteiger partial charge in [0.15, 0.2) is 5.03 Å². The molecule has 2 rings (SSSR count). The second-order valence-electron chi connectivity index (χ2n) is 3.88. The van der Waals surface area contributed by atoms with Crippen LogP contribution in [0.15, 0.2) is 51.9 Å². The highest BCUT2D eigenvalue weighted by Gasteiger charge is 2.13. The van der Waals surface area contributed by atoms with Gasteiger partial charge in [0.2, 0.25) is 0 Å². The molecule has 0 aliphatic heterocycles. The molecule has 0 fully saturated rings. The van der Waals surface area contributed by atoms with E-state index in [1.165, 1.54) is 12.3 Å². The van der Waals surface area contributed by atoms with E-state index in [9.17, 15) is 8.42 Å². The molecule has 0 bridgehead atoms. The Morgan fingerprint density at radius 3 is 2.47 bits per heavy atom. The normalized spacial score (nSPS) is 11.9. The van der Waals surface area contributed by atoms with Crippen LogP contribution in [0.25, 0.3) is 0 Å². The Kier molecular flexibility index (Phi) is 3.97. The van der Waals surface area contributed by atoms with Crippen LogP contribution in [0.1, 0.15) is 11.3 Å². The number of rotatable bonds is 3. The fourth-order valence-electron chi connectivity index (χ4n) is 1.39. The van der Waals surface area contributed by atoms with Crippen LogP contribution in [0.4, 0.5) is 0 Å². The minimum absolute atomic E-state index is 0.0577. The topological polar surface area (TPSA) is 59.4 Å². The minimum atomic E-state index is -3.77. The van der Waals surface area contributed by atoms with Gasteiger partial charge in [0.1, 0.15) is 0 Å². The zero-order valence-corrected chi connectivity index (χ0v) is 11.7. The van der Waals surface area contributed by atoms with Gasteiger partial charge in [0, 0.05) is 16.9 Å². The summed E-state index contributed by atoms with van der Waals surface area (Å²) in [6.45, 7) is 1.72. The number of aromatic nitrogens is 1. The number of benzene rings is 1. The standard InChI is InChI=1S/C13H11ClN2O2S/c1-10-3-2-4-13(16-10)19(17,18)15-9-11-5-7-12(14)8-6-11/h2-9H,1H3/b15-9+. The average Bonchev–Trinajstić information content (AvgIpc) is 2.38. The van der Waals surface area contributed by atoms with E-state index in [1.54, 1.807) is 43.3 Å². The molecule has 0 radical (unpaired) electrons. The largest absolute Gasteiger partial charge is 0.299 e. The Bertz CT molecular complexity index is 710. The molecule has 1 aromatic carbocycles. The number of hydrogen-bond donors (Lipinski definition) is 0. The molecule has 0 saturated carbocycles. The molecule has 0 spiro atoms. The molecule has 0 atom stereocenters. The summed E-state index contributed by atoms with van der Waals surface area (Å²) in [6.07, 6.45) is 1.27. The van der Waals surface area contributed by atoms with E-state index in [2.05, 4.69) is 9.38 Å². The molecule has 1 aromatic heterocycles. The second-order valence-corrected chi connectivity index (χ2v) is 5.89. The van der Waals surface area contributed by atoms with Crippen molar-refractivity contribution in [3.05, 3.63) is 58.7 Å². The highest BCUT2D eigenvalue weighted by atomic mass is 35.5. The molecular weight excluding hydrogens is 284 g/mol. The SMILES string of the molecule is Cc1cccc(S(=O)(=O)/N=C/c2ccc(Cl)cc2)n1. The Balaban J connectivity index is 2.29. The number of nitrogens with zero attached hydrogens (tertiary/aromatic N) is 2. The highest BCUT2D eigenvalue weighted by molar-refractivity contribution is 7.90. The lowest BCUT2D eigenvalue weighted by Crippen LogP contribution is -2.01. The van der Waals surface area contributed by atoms with Crippen LogP contribution in [0, 0.1) is 6.92 Å². The third-order valence-corrected chi connectivity index (χ3v) is 3.73. The van der Waals surface area contributed by atoms with Gasteiger partial charge in [0.25, 0.3) is 10.0 Å². The molecule has 6 heteroatoms. The Hall–Kier alpha value is -1.72. The van der Waals surface area contributed by atoms with Gasteiger partial charge >= 0.3 is 0 Å². The van der Waals surface area contributed by atoms with Crippen LogP contribution in [0.2, 0.25) is 5.02 Å². The zero-order valence-electron chi connectivity index (χ0n) is 10.1. The Morgan fingerprint density at radius 2 is 1.84 bits per heavy atom. The predicted molar refractivity (Wildman–Crippen MR) is 75.2 cm³/mol. The van der Waals surface area contributed by atoms with E-state index in [0.29, 0.717) is 16.3 Å². The molecule has 2 aromatic rings. The predicted octanol–water partition coefficient (Wildman–Crippen LogP) is 2.85. The van der Waals surface area contributed by atoms with E-state index in [0.717, 1.165) is 0 Å². The summed E-state index contributed by atoms with van der Waals surface area (Å²) in [4.78, 5) is 3.95. The average molecular weight is 295 g/mol. The summed E-state index contributed by atoms with van der Waals surface area (Å²) in [5.41, 5.74) is 1.28. The number of sulfonamides is 1. The van der Waals surface area contributed by atoms with E-state index in [4.69, 9.17) is 11.6 Å². The van der Waals surface area contributed by atoms with Crippen molar-refractivity contribution in [2.75, 3.05) is 0 Å². The van der Waals surface area contributed by atoms with E-state index < -0.39 is 10.0 Å². The first-order chi connectivity index (χ1) is 8.97. The zero-order chi connectivity index (χ0) is 13.9. The molecule has 98 valence electrons. The second kappa shape index (κ2) is 5.50. The van der Waals surface area contributed by atoms with Gasteiger partial charge in [-0.15, -0.1) is 0 Å². The van der Waals surface area contributed by atoms with Crippen molar-refractivity contribution in [1.82, 2.24) is 4.98 Å². The molecule has 0 aliphatic carbocycles. The van der Waals surface area contributed by atoms with Crippen LogP contribution in [-0.2, 0) is 10.0 Å². The lowest BCUT2D eigenvalue weighted by molar-refractivity contribution is 0.594. The third kappa shape index (κ3) is 3.62. The molecule has 0 N–H and O–H groups in total. The molecule has 19 heavy (non-hydrogen) atoms. The summed E-state index contributed by atoms with van der Waals surface area (Å²) in [5, 5.41) is 0.526. The van der Waals surface area contributed by atoms with Gasteiger partial charge in [-0.05, 0) is 36.8 Å². The van der Waals surface area contributed by atoms with Gasteiger partial charge in [-0.2, -0.15) is 12.8 Å². The number of halogens is 1. The smallest absolute Gasteiger partial charge is 0.240 e. The summed E-state index contributed by atoms with van der Waals surface area (Å²) in [7, 11) is -3.77. The van der Waals surface area contributed by atoms with Crippen molar-refractivity contribution in [3.8, 4) is 0 Å². The van der Waals surface area contributed by atoms with Gasteiger partial charge < -0.3 is 0 Å². The van der Waals surface area contributed by atoms with Crippen molar-refractivity contribution >= 4 is 27.8 Å². The number of hydrogen-bond acceptors (Lipinski definition) is 3. The van der Waals surface area contributed by atoms with Crippen molar-refractivity contribution in [2.45, 2.75) is 11.9 Å². The maximum absolute atomic E-state index is 11.9. The molecule has 0 aliphatic rings. The fraction of sp³-hybridized carbons (Fsp3) is 0.0769. The maximum Gasteiger partial charge on any atom is 0.299 e. The molecule has 0 unspecified atom stereocenters. The monoisotopic (exact) mass is 294 g/mol. The summed E-state index contributed by atoms with van der Waals surface area (Å²) < 4.78 is 27.5. The van der Waals surface area contributed by atoms with Crippen LogP contribution in [0.5, 0.6) is 0 Å². The van der Waals surface area contributed by atoms with Crippen LogP contribution < -0.4 is 0 Å². The first kappa shape index (κ1) is 13.7. The lowest BCUT2D eigenvalue weighted by atomic mass is 10.2. The number of aryl methyl sites for hydroxylation is 1. The Morgan fingerprint density at radius 1 is 1.16 bits per heavy atom. The molecular formula is C13H11ClN2O2S. The van der Waals surface area contributed by atoms with Crippen molar-refractivity contribution in [3.63, 3.8) is 0 Å². The van der Waals surface area contributed by atoms with E-state index in [1.807, 2.05) is 0 Å². The molecule has 0 amide bonds. The summed E-state index contributed by atoms with van der Waals surface area (Å²) in [6, 6.07) is 11.5. The first-order valence-electron chi connectivity index (χ1n) is 5.47. The summed E-state index contributed by atoms with van der Waals surface area (Å²) >= 11 is 5.74. The van der Waals surface area contributed by atoms with Crippen LogP contribution in [0.3, 0.4) is 0 Å². The van der Waals surface area contributed by atoms with Crippen molar-refractivity contribution in [2.24, 2.45) is 4.40 Å². The Labute approximate surface area is 116 Å². The van der Waals surface area contributed by atoms with Crippen molar-refractivity contribution in [1.29, 1.82) is 0 Å². The van der Waals surface area contributed by atoms with E-state index in [-0.39, 0.29) is 5.03 Å². The van der Waals surface area contributed by atoms with Gasteiger partial charge in [-0.3, -0.25) is 0 Å². The fourth-order valence-corrected chi connectivity index (χ4v) is 2.40. The van der Waals surface area contributed by atoms with Crippen LogP contribution >= 0.6 is 11.6 Å². The van der Waals surface area contributed by atoms with Crippen LogP contribution in [-0.4, -0.2) is 19.6 Å². The molecule has 0 saturated heterocycles. The summed E-state index contributed by atoms with van der Waals surface area (Å²) in [5.74, 6) is 0. The van der Waals surface area contributed by atoms with E-state index >= 15 is 0 Å². The minimum Gasteiger partial charge on any atom is -0.240 e. The van der Waals surface area contributed by atoms with Crippen molar-refractivity contribution < 1.29 is 8.42 Å². The van der Waals surface area contributed by atoms with Gasteiger partial charge in [0.05, 0.1) is 0 Å². The highest BCUT2D eigenvalue weighted by Crippen LogP contribution is 2.11. The third-order valence-electron chi connectivity index (χ3n) is 2.34. The number of pyridine rings is 1. The lowest BCUT2D eigenvalue weighted by Gasteiger charge is -1.99. The quantitative estimate of drug-likeness (QED) is 0.818. The molecule has 1 heterocycles. The maximum atomic E-state index is 11.9. The van der Waals surface area contributed by atoms with Gasteiger partial charge in [-0.25, -0.2) is 4.98 Å². The van der Waals surface area contributed by atoms with Gasteiger partial charge in [-0.1, -0.05) is 29.8 Å². The molecule has 4 nitrogen and oxygen atoms in total.